The molecule has 0 aliphatic carbocycles. The minimum absolute atomic E-state index is 0.0417. The number of sulfone groups is 1. The molecule has 0 N–H and O–H groups in total. The number of amides is 1. The van der Waals surface area contributed by atoms with Crippen LogP contribution in [-0.2, 0) is 16.4 Å². The third kappa shape index (κ3) is 5.05. The molecule has 174 valence electrons. The van der Waals surface area contributed by atoms with Gasteiger partial charge in [-0.15, -0.1) is 0 Å². The molecule has 1 fully saturated rings. The van der Waals surface area contributed by atoms with Crippen LogP contribution in [0.4, 0.5) is 0 Å². The van der Waals surface area contributed by atoms with Crippen molar-refractivity contribution in [1.29, 1.82) is 0 Å². The zero-order chi connectivity index (χ0) is 23.5. The van der Waals surface area contributed by atoms with Crippen molar-refractivity contribution in [3.63, 3.8) is 0 Å². The zero-order valence-electron chi connectivity index (χ0n) is 18.4. The SMILES string of the molecule is COc1ccc(C(=O)N(Cc2cc(OC)c(OC)c(OC)c2)[C@@H]2CCS(=O)(=O)C2)cc1Cl. The summed E-state index contributed by atoms with van der Waals surface area (Å²) in [6.45, 7) is 0.152. The zero-order valence-corrected chi connectivity index (χ0v) is 20.0. The van der Waals surface area contributed by atoms with E-state index in [1.54, 1.807) is 29.2 Å². The largest absolute Gasteiger partial charge is 0.495 e. The van der Waals surface area contributed by atoms with Gasteiger partial charge in [0.2, 0.25) is 5.75 Å². The molecule has 10 heteroatoms. The Morgan fingerprint density at radius 3 is 2.09 bits per heavy atom. The van der Waals surface area contributed by atoms with Crippen LogP contribution in [0.25, 0.3) is 0 Å². The van der Waals surface area contributed by atoms with E-state index in [0.29, 0.717) is 45.6 Å². The summed E-state index contributed by atoms with van der Waals surface area (Å²) in [7, 11) is 2.80. The minimum atomic E-state index is -3.21. The molecule has 8 nitrogen and oxygen atoms in total. The van der Waals surface area contributed by atoms with E-state index in [1.807, 2.05) is 0 Å². The molecule has 1 atom stereocenters. The molecule has 1 aliphatic heterocycles. The van der Waals surface area contributed by atoms with E-state index < -0.39 is 15.9 Å². The number of ether oxygens (including phenoxy) is 4. The van der Waals surface area contributed by atoms with E-state index in [4.69, 9.17) is 30.5 Å². The van der Waals surface area contributed by atoms with Gasteiger partial charge in [-0.2, -0.15) is 0 Å². The van der Waals surface area contributed by atoms with Crippen LogP contribution >= 0.6 is 11.6 Å². The highest BCUT2D eigenvalue weighted by molar-refractivity contribution is 7.91. The second-order valence-corrected chi connectivity index (χ2v) is 10.0. The summed E-state index contributed by atoms with van der Waals surface area (Å²) in [4.78, 5) is 15.0. The Morgan fingerprint density at radius 2 is 1.62 bits per heavy atom. The van der Waals surface area contributed by atoms with Crippen molar-refractivity contribution in [2.24, 2.45) is 0 Å². The van der Waals surface area contributed by atoms with E-state index in [2.05, 4.69) is 0 Å². The van der Waals surface area contributed by atoms with Crippen molar-refractivity contribution >= 4 is 27.3 Å². The number of halogens is 1. The molecule has 0 radical (unpaired) electrons. The number of benzene rings is 2. The molecule has 0 saturated carbocycles. The molecule has 1 saturated heterocycles. The molecule has 0 aromatic heterocycles. The van der Waals surface area contributed by atoms with Crippen LogP contribution in [0, 0.1) is 0 Å². The van der Waals surface area contributed by atoms with E-state index in [-0.39, 0.29) is 24.0 Å². The first-order valence-electron chi connectivity index (χ1n) is 9.86. The smallest absolute Gasteiger partial charge is 0.254 e. The van der Waals surface area contributed by atoms with Crippen molar-refractivity contribution in [2.75, 3.05) is 39.9 Å². The predicted molar refractivity (Wildman–Crippen MR) is 121 cm³/mol. The molecule has 2 aromatic carbocycles. The van der Waals surface area contributed by atoms with Gasteiger partial charge in [0.1, 0.15) is 5.75 Å². The molecule has 32 heavy (non-hydrogen) atoms. The summed E-state index contributed by atoms with van der Waals surface area (Å²) >= 11 is 6.22. The Labute approximate surface area is 192 Å². The Hall–Kier alpha value is -2.65. The van der Waals surface area contributed by atoms with Crippen LogP contribution < -0.4 is 18.9 Å². The summed E-state index contributed by atoms with van der Waals surface area (Å²) in [5.41, 5.74) is 1.05. The maximum atomic E-state index is 13.5. The first-order valence-corrected chi connectivity index (χ1v) is 12.1. The van der Waals surface area contributed by atoms with Gasteiger partial charge >= 0.3 is 0 Å². The Bertz CT molecular complexity index is 1080. The van der Waals surface area contributed by atoms with Gasteiger partial charge in [-0.1, -0.05) is 11.6 Å². The van der Waals surface area contributed by atoms with Crippen LogP contribution in [0.2, 0.25) is 5.02 Å². The highest BCUT2D eigenvalue weighted by Crippen LogP contribution is 2.39. The lowest BCUT2D eigenvalue weighted by atomic mass is 10.1. The summed E-state index contributed by atoms with van der Waals surface area (Å²) in [5.74, 6) is 1.39. The molecule has 0 spiro atoms. The molecule has 3 rings (SSSR count). The standard InChI is InChI=1S/C22H26ClNO7S/c1-28-18-6-5-15(11-17(18)23)22(25)24(16-7-8-32(26,27)13-16)12-14-9-19(29-2)21(31-4)20(10-14)30-3/h5-6,9-11,16H,7-8,12-13H2,1-4H3/t16-/m1/s1. The number of nitrogens with zero attached hydrogens (tertiary/aromatic N) is 1. The summed E-state index contributed by atoms with van der Waals surface area (Å²) in [6.07, 6.45) is 0.363. The second-order valence-electron chi connectivity index (χ2n) is 7.37. The Kier molecular flexibility index (Phi) is 7.40. The summed E-state index contributed by atoms with van der Waals surface area (Å²) < 4.78 is 45.6. The van der Waals surface area contributed by atoms with Crippen molar-refractivity contribution in [1.82, 2.24) is 4.90 Å². The van der Waals surface area contributed by atoms with Crippen molar-refractivity contribution in [3.8, 4) is 23.0 Å². The van der Waals surface area contributed by atoms with Crippen LogP contribution in [0.15, 0.2) is 30.3 Å². The highest BCUT2D eigenvalue weighted by atomic mass is 35.5. The monoisotopic (exact) mass is 483 g/mol. The predicted octanol–water partition coefficient (Wildman–Crippen LogP) is 3.20. The summed E-state index contributed by atoms with van der Waals surface area (Å²) in [5, 5.41) is 0.296. The van der Waals surface area contributed by atoms with Gasteiger partial charge in [0.15, 0.2) is 21.3 Å². The maximum absolute atomic E-state index is 13.5. The van der Waals surface area contributed by atoms with Gasteiger partial charge in [0.25, 0.3) is 5.91 Å². The lowest BCUT2D eigenvalue weighted by Gasteiger charge is -2.29. The second kappa shape index (κ2) is 9.87. The maximum Gasteiger partial charge on any atom is 0.254 e. The molecule has 1 amide bonds. The van der Waals surface area contributed by atoms with E-state index >= 15 is 0 Å². The number of hydrogen-bond acceptors (Lipinski definition) is 7. The van der Waals surface area contributed by atoms with Crippen LogP contribution in [0.3, 0.4) is 0 Å². The number of carbonyl (C=O) groups is 1. The number of hydrogen-bond donors (Lipinski definition) is 0. The quantitative estimate of drug-likeness (QED) is 0.569. The van der Waals surface area contributed by atoms with Crippen LogP contribution in [0.1, 0.15) is 22.3 Å². The third-order valence-corrected chi connectivity index (χ3v) is 7.43. The van der Waals surface area contributed by atoms with Gasteiger partial charge in [-0.05, 0) is 42.3 Å². The van der Waals surface area contributed by atoms with Gasteiger partial charge in [-0.3, -0.25) is 4.79 Å². The van der Waals surface area contributed by atoms with Gasteiger partial charge in [-0.25, -0.2) is 8.42 Å². The summed E-state index contributed by atoms with van der Waals surface area (Å²) in [6, 6.07) is 7.76. The van der Waals surface area contributed by atoms with Crippen LogP contribution in [-0.4, -0.2) is 65.2 Å². The molecular weight excluding hydrogens is 458 g/mol. The van der Waals surface area contributed by atoms with E-state index in [9.17, 15) is 13.2 Å². The fourth-order valence-corrected chi connectivity index (χ4v) is 5.76. The number of rotatable bonds is 8. The van der Waals surface area contributed by atoms with Crippen molar-refractivity contribution in [2.45, 2.75) is 19.0 Å². The third-order valence-electron chi connectivity index (χ3n) is 5.39. The normalized spacial score (nSPS) is 17.0. The first kappa shape index (κ1) is 24.0. The minimum Gasteiger partial charge on any atom is -0.495 e. The first-order chi connectivity index (χ1) is 15.2. The Morgan fingerprint density at radius 1 is 1.00 bits per heavy atom. The van der Waals surface area contributed by atoms with Gasteiger partial charge < -0.3 is 23.8 Å². The molecule has 0 unspecified atom stereocenters. The fraction of sp³-hybridized carbons (Fsp3) is 0.409. The van der Waals surface area contributed by atoms with Gasteiger partial charge in [0.05, 0.1) is 45.0 Å². The van der Waals surface area contributed by atoms with Crippen molar-refractivity contribution in [3.05, 3.63) is 46.5 Å². The van der Waals surface area contributed by atoms with E-state index in [1.165, 1.54) is 34.5 Å². The average molecular weight is 484 g/mol. The molecule has 1 aliphatic rings. The van der Waals surface area contributed by atoms with Crippen LogP contribution in [0.5, 0.6) is 23.0 Å². The van der Waals surface area contributed by atoms with Gasteiger partial charge in [0, 0.05) is 18.2 Å². The average Bonchev–Trinajstić information content (AvgIpc) is 3.15. The van der Waals surface area contributed by atoms with E-state index in [0.717, 1.165) is 0 Å². The van der Waals surface area contributed by atoms with Crippen molar-refractivity contribution < 1.29 is 32.2 Å². The fourth-order valence-electron chi connectivity index (χ4n) is 3.78. The lowest BCUT2D eigenvalue weighted by Crippen LogP contribution is -2.40. The molecular formula is C22H26ClNO7S. The number of carbonyl (C=O) groups excluding carboxylic acids is 1. The molecule has 0 bridgehead atoms. The molecule has 2 aromatic rings. The topological polar surface area (TPSA) is 91.4 Å². The molecule has 1 heterocycles. The number of methoxy groups -OCH3 is 4. The Balaban J connectivity index is 2.01. The highest BCUT2D eigenvalue weighted by Gasteiger charge is 2.35. The lowest BCUT2D eigenvalue weighted by molar-refractivity contribution is 0.0680.